The van der Waals surface area contributed by atoms with Crippen molar-refractivity contribution in [2.45, 2.75) is 30.2 Å². The van der Waals surface area contributed by atoms with Crippen LogP contribution in [0.5, 0.6) is 0 Å². The summed E-state index contributed by atoms with van der Waals surface area (Å²) in [4.78, 5) is 22.0. The molecule has 0 bridgehead atoms. The number of carbonyl (C=O) groups excluding carboxylic acids is 2. The van der Waals surface area contributed by atoms with E-state index in [1.54, 1.807) is 0 Å². The Bertz CT molecular complexity index is 253. The average molecular weight is 294 g/mol. The van der Waals surface area contributed by atoms with Crippen molar-refractivity contribution in [2.75, 3.05) is 20.3 Å². The van der Waals surface area contributed by atoms with Crippen LogP contribution < -0.4 is 5.32 Å². The molecule has 1 fully saturated rings. The van der Waals surface area contributed by atoms with Crippen molar-refractivity contribution < 1.29 is 19.1 Å². The lowest BCUT2D eigenvalue weighted by Gasteiger charge is -2.11. The number of esters is 1. The van der Waals surface area contributed by atoms with Crippen LogP contribution in [0.4, 0.5) is 0 Å². The summed E-state index contributed by atoms with van der Waals surface area (Å²) in [5.41, 5.74) is 0. The molecular weight excluding hydrogens is 278 g/mol. The van der Waals surface area contributed by atoms with Crippen molar-refractivity contribution in [3.63, 3.8) is 0 Å². The summed E-state index contributed by atoms with van der Waals surface area (Å²) in [6.07, 6.45) is 2.34. The molecule has 16 heavy (non-hydrogen) atoms. The van der Waals surface area contributed by atoms with Gasteiger partial charge in [0.2, 0.25) is 5.91 Å². The largest absolute Gasteiger partial charge is 0.468 e. The van der Waals surface area contributed by atoms with Gasteiger partial charge < -0.3 is 14.8 Å². The molecular formula is C10H16BrNO4. The molecule has 1 amide bonds. The first kappa shape index (κ1) is 13.4. The zero-order valence-corrected chi connectivity index (χ0v) is 10.8. The van der Waals surface area contributed by atoms with Crippen molar-refractivity contribution in [1.82, 2.24) is 5.32 Å². The molecule has 1 heterocycles. The number of nitrogens with one attached hydrogen (secondary N) is 1. The fourth-order valence-corrected chi connectivity index (χ4v) is 1.85. The second-order valence-corrected chi connectivity index (χ2v) is 4.74. The topological polar surface area (TPSA) is 64.6 Å². The third-order valence-electron chi connectivity index (χ3n) is 2.37. The minimum atomic E-state index is -0.494. The molecule has 1 rings (SSSR count). The SMILES string of the molecule is COC(=O)C(Br)CNC(=O)CC1CCCO1. The van der Waals surface area contributed by atoms with Gasteiger partial charge in [-0.05, 0) is 12.8 Å². The molecule has 5 nitrogen and oxygen atoms in total. The standard InChI is InChI=1S/C10H16BrNO4/c1-15-10(14)8(11)6-12-9(13)5-7-3-2-4-16-7/h7-8H,2-6H2,1H3,(H,12,13). The van der Waals surface area contributed by atoms with E-state index in [4.69, 9.17) is 4.74 Å². The molecule has 2 atom stereocenters. The van der Waals surface area contributed by atoms with E-state index in [9.17, 15) is 9.59 Å². The molecule has 0 aromatic heterocycles. The van der Waals surface area contributed by atoms with Crippen LogP contribution in [0.1, 0.15) is 19.3 Å². The molecule has 1 N–H and O–H groups in total. The van der Waals surface area contributed by atoms with E-state index in [1.165, 1.54) is 7.11 Å². The predicted molar refractivity (Wildman–Crippen MR) is 61.3 cm³/mol. The van der Waals surface area contributed by atoms with E-state index in [1.807, 2.05) is 0 Å². The van der Waals surface area contributed by atoms with Gasteiger partial charge in [-0.3, -0.25) is 9.59 Å². The van der Waals surface area contributed by atoms with Crippen molar-refractivity contribution >= 4 is 27.8 Å². The molecule has 1 aliphatic rings. The number of alkyl halides is 1. The summed E-state index contributed by atoms with van der Waals surface area (Å²) < 4.78 is 9.85. The van der Waals surface area contributed by atoms with Gasteiger partial charge in [0.15, 0.2) is 0 Å². The average Bonchev–Trinajstić information content (AvgIpc) is 2.77. The number of hydrogen-bond acceptors (Lipinski definition) is 4. The molecule has 0 aromatic carbocycles. The molecule has 0 aliphatic carbocycles. The number of ether oxygens (including phenoxy) is 2. The fourth-order valence-electron chi connectivity index (χ4n) is 1.50. The third-order valence-corrected chi connectivity index (χ3v) is 3.07. The Morgan fingerprint density at radius 2 is 2.38 bits per heavy atom. The zero-order valence-electron chi connectivity index (χ0n) is 9.20. The second kappa shape index (κ2) is 6.85. The van der Waals surface area contributed by atoms with Gasteiger partial charge in [-0.2, -0.15) is 0 Å². The van der Waals surface area contributed by atoms with Crippen LogP contribution >= 0.6 is 15.9 Å². The summed E-state index contributed by atoms with van der Waals surface area (Å²) in [6, 6.07) is 0. The summed E-state index contributed by atoms with van der Waals surface area (Å²) in [5.74, 6) is -0.488. The van der Waals surface area contributed by atoms with E-state index in [0.29, 0.717) is 6.42 Å². The predicted octanol–water partition coefficient (Wildman–Crippen LogP) is 0.608. The summed E-state index contributed by atoms with van der Waals surface area (Å²) in [6.45, 7) is 0.972. The van der Waals surface area contributed by atoms with Crippen LogP contribution in [-0.4, -0.2) is 43.1 Å². The van der Waals surface area contributed by atoms with Gasteiger partial charge in [-0.1, -0.05) is 15.9 Å². The lowest BCUT2D eigenvalue weighted by atomic mass is 10.2. The monoisotopic (exact) mass is 293 g/mol. The van der Waals surface area contributed by atoms with Gasteiger partial charge in [0, 0.05) is 13.2 Å². The number of hydrogen-bond donors (Lipinski definition) is 1. The Balaban J connectivity index is 2.16. The normalized spacial score (nSPS) is 21.5. The molecule has 92 valence electrons. The second-order valence-electron chi connectivity index (χ2n) is 3.63. The van der Waals surface area contributed by atoms with Gasteiger partial charge in [0.1, 0.15) is 4.83 Å². The summed E-state index contributed by atoms with van der Waals surface area (Å²) in [5, 5.41) is 2.66. The van der Waals surface area contributed by atoms with Crippen LogP contribution in [0.25, 0.3) is 0 Å². The Labute approximate surface area is 103 Å². The van der Waals surface area contributed by atoms with Crippen LogP contribution in [0.3, 0.4) is 0 Å². The van der Waals surface area contributed by atoms with E-state index < -0.39 is 10.8 Å². The van der Waals surface area contributed by atoms with Gasteiger partial charge in [-0.15, -0.1) is 0 Å². The number of rotatable bonds is 5. The van der Waals surface area contributed by atoms with Crippen molar-refractivity contribution in [2.24, 2.45) is 0 Å². The Hall–Kier alpha value is -0.620. The summed E-state index contributed by atoms with van der Waals surface area (Å²) in [7, 11) is 1.31. The molecule has 1 saturated heterocycles. The lowest BCUT2D eigenvalue weighted by molar-refractivity contribution is -0.139. The maximum Gasteiger partial charge on any atom is 0.321 e. The van der Waals surface area contributed by atoms with Crippen molar-refractivity contribution in [3.05, 3.63) is 0 Å². The van der Waals surface area contributed by atoms with Crippen LogP contribution in [0, 0.1) is 0 Å². The maximum atomic E-state index is 11.5. The molecule has 0 radical (unpaired) electrons. The highest BCUT2D eigenvalue weighted by molar-refractivity contribution is 9.10. The molecule has 0 aromatic rings. The highest BCUT2D eigenvalue weighted by Crippen LogP contribution is 2.14. The maximum absolute atomic E-state index is 11.5. The van der Waals surface area contributed by atoms with Gasteiger partial charge in [-0.25, -0.2) is 0 Å². The number of amides is 1. The highest BCUT2D eigenvalue weighted by Gasteiger charge is 2.20. The smallest absolute Gasteiger partial charge is 0.321 e. The first-order valence-corrected chi connectivity index (χ1v) is 6.15. The summed E-state index contributed by atoms with van der Waals surface area (Å²) >= 11 is 3.12. The first-order valence-electron chi connectivity index (χ1n) is 5.23. The Morgan fingerprint density at radius 1 is 1.62 bits per heavy atom. The van der Waals surface area contributed by atoms with E-state index in [0.717, 1.165) is 19.4 Å². The Kier molecular flexibility index (Phi) is 5.76. The van der Waals surface area contributed by atoms with Crippen molar-refractivity contribution in [1.29, 1.82) is 0 Å². The highest BCUT2D eigenvalue weighted by atomic mass is 79.9. The van der Waals surface area contributed by atoms with Crippen LogP contribution in [0.2, 0.25) is 0 Å². The molecule has 2 unspecified atom stereocenters. The Morgan fingerprint density at radius 3 is 2.94 bits per heavy atom. The zero-order chi connectivity index (χ0) is 12.0. The fraction of sp³-hybridized carbons (Fsp3) is 0.800. The van der Waals surface area contributed by atoms with Gasteiger partial charge in [0.25, 0.3) is 0 Å². The molecule has 0 spiro atoms. The number of carbonyl (C=O) groups is 2. The number of halogens is 1. The number of methoxy groups -OCH3 is 1. The van der Waals surface area contributed by atoms with Crippen LogP contribution in [0.15, 0.2) is 0 Å². The minimum absolute atomic E-state index is 0.0342. The molecule has 0 saturated carbocycles. The molecule has 6 heteroatoms. The molecule has 1 aliphatic heterocycles. The lowest BCUT2D eigenvalue weighted by Crippen LogP contribution is -2.35. The van der Waals surface area contributed by atoms with E-state index in [-0.39, 0.29) is 18.6 Å². The minimum Gasteiger partial charge on any atom is -0.468 e. The quantitative estimate of drug-likeness (QED) is 0.596. The van der Waals surface area contributed by atoms with E-state index in [2.05, 4.69) is 26.0 Å². The van der Waals surface area contributed by atoms with Gasteiger partial charge in [0.05, 0.1) is 19.6 Å². The third kappa shape index (κ3) is 4.49. The van der Waals surface area contributed by atoms with Gasteiger partial charge >= 0.3 is 5.97 Å². The van der Waals surface area contributed by atoms with E-state index >= 15 is 0 Å². The van der Waals surface area contributed by atoms with Crippen LogP contribution in [-0.2, 0) is 19.1 Å². The first-order chi connectivity index (χ1) is 7.63. The van der Waals surface area contributed by atoms with Crippen molar-refractivity contribution in [3.8, 4) is 0 Å².